The summed E-state index contributed by atoms with van der Waals surface area (Å²) in [6.45, 7) is 2.44. The van der Waals surface area contributed by atoms with Gasteiger partial charge in [-0.15, -0.1) is 0 Å². The van der Waals surface area contributed by atoms with E-state index < -0.39 is 23.6 Å². The quantitative estimate of drug-likeness (QED) is 0.526. The lowest BCUT2D eigenvalue weighted by atomic mass is 9.86. The Labute approximate surface area is 173 Å². The topological polar surface area (TPSA) is 104 Å². The maximum atomic E-state index is 13.0. The second kappa shape index (κ2) is 7.97. The maximum absolute atomic E-state index is 13.0. The third-order valence-corrected chi connectivity index (χ3v) is 5.49. The van der Waals surface area contributed by atoms with Crippen LogP contribution in [-0.4, -0.2) is 71.4 Å². The number of hydrogen-bond acceptors (Lipinski definition) is 6. The molecule has 2 heterocycles. The fourth-order valence-electron chi connectivity index (χ4n) is 4.02. The van der Waals surface area contributed by atoms with E-state index in [1.165, 1.54) is 4.90 Å². The van der Waals surface area contributed by atoms with Crippen molar-refractivity contribution in [3.8, 4) is 0 Å². The summed E-state index contributed by atoms with van der Waals surface area (Å²) in [6.07, 6.45) is 1.55. The molecule has 2 aliphatic heterocycles. The van der Waals surface area contributed by atoms with E-state index in [1.54, 1.807) is 24.3 Å². The molecule has 2 aromatic rings. The van der Waals surface area contributed by atoms with Crippen LogP contribution in [0.15, 0.2) is 24.3 Å². The average Bonchev–Trinajstić information content (AvgIpc) is 2.75. The molecule has 156 valence electrons. The van der Waals surface area contributed by atoms with Crippen molar-refractivity contribution < 1.29 is 29.0 Å². The van der Waals surface area contributed by atoms with Gasteiger partial charge in [-0.2, -0.15) is 0 Å². The number of carbonyl (C=O) groups is 4. The highest BCUT2D eigenvalue weighted by Crippen LogP contribution is 2.37. The molecule has 1 N–H and O–H groups in total. The standard InChI is InChI=1S/C22H22N2O6/c1-2-3-8-23-19(26)13-4-6-15-18-16(7-5-14(17(13)18)20(23)27)22(29)24(21(15)28)9-11-30-12-10-25/h4-7,25H,2-3,8-12H2,1H3. The number of nitrogens with zero attached hydrogens (tertiary/aromatic N) is 2. The Morgan fingerprint density at radius 2 is 1.17 bits per heavy atom. The van der Waals surface area contributed by atoms with Crippen molar-refractivity contribution in [2.24, 2.45) is 0 Å². The zero-order valence-corrected chi connectivity index (χ0v) is 16.6. The van der Waals surface area contributed by atoms with Crippen LogP contribution in [-0.2, 0) is 4.74 Å². The van der Waals surface area contributed by atoms with Crippen LogP contribution in [0.1, 0.15) is 61.2 Å². The minimum Gasteiger partial charge on any atom is -0.394 e. The molecule has 0 radical (unpaired) electrons. The van der Waals surface area contributed by atoms with Crippen molar-refractivity contribution in [1.29, 1.82) is 0 Å². The molecule has 0 spiro atoms. The predicted octanol–water partition coefficient (Wildman–Crippen LogP) is 1.84. The van der Waals surface area contributed by atoms with E-state index in [9.17, 15) is 19.2 Å². The molecule has 0 aromatic heterocycles. The van der Waals surface area contributed by atoms with Crippen molar-refractivity contribution in [3.05, 3.63) is 46.5 Å². The summed E-state index contributed by atoms with van der Waals surface area (Å²) in [6, 6.07) is 6.22. The maximum Gasteiger partial charge on any atom is 0.261 e. The molecule has 0 unspecified atom stereocenters. The molecule has 0 saturated carbocycles. The number of carbonyl (C=O) groups excluding carboxylic acids is 4. The molecule has 2 aliphatic rings. The summed E-state index contributed by atoms with van der Waals surface area (Å²) < 4.78 is 5.19. The second-order valence-electron chi connectivity index (χ2n) is 7.28. The third-order valence-electron chi connectivity index (χ3n) is 5.49. The second-order valence-corrected chi connectivity index (χ2v) is 7.28. The Bertz CT molecular complexity index is 1010. The van der Waals surface area contributed by atoms with Gasteiger partial charge in [-0.05, 0) is 30.7 Å². The van der Waals surface area contributed by atoms with E-state index in [-0.39, 0.29) is 37.5 Å². The Morgan fingerprint density at radius 1 is 0.733 bits per heavy atom. The van der Waals surface area contributed by atoms with Crippen LogP contribution in [0.2, 0.25) is 0 Å². The van der Waals surface area contributed by atoms with Gasteiger partial charge >= 0.3 is 0 Å². The molecule has 4 rings (SSSR count). The minimum atomic E-state index is -0.489. The number of imide groups is 2. The lowest BCUT2D eigenvalue weighted by Crippen LogP contribution is -2.44. The van der Waals surface area contributed by atoms with Gasteiger partial charge in [0.1, 0.15) is 0 Å². The first-order chi connectivity index (χ1) is 14.5. The fourth-order valence-corrected chi connectivity index (χ4v) is 4.02. The van der Waals surface area contributed by atoms with E-state index in [1.807, 2.05) is 6.92 Å². The van der Waals surface area contributed by atoms with Crippen LogP contribution >= 0.6 is 0 Å². The molecule has 2 aromatic carbocycles. The van der Waals surface area contributed by atoms with Gasteiger partial charge < -0.3 is 9.84 Å². The minimum absolute atomic E-state index is 0.0464. The summed E-state index contributed by atoms with van der Waals surface area (Å²) in [7, 11) is 0. The summed E-state index contributed by atoms with van der Waals surface area (Å²) in [5, 5.41) is 9.54. The Hall–Kier alpha value is -3.10. The first-order valence-corrected chi connectivity index (χ1v) is 10.0. The van der Waals surface area contributed by atoms with Crippen molar-refractivity contribution in [3.63, 3.8) is 0 Å². The van der Waals surface area contributed by atoms with Crippen LogP contribution in [0.3, 0.4) is 0 Å². The molecule has 8 nitrogen and oxygen atoms in total. The lowest BCUT2D eigenvalue weighted by molar-refractivity contribution is 0.0475. The molecular formula is C22H22N2O6. The van der Waals surface area contributed by atoms with Crippen LogP contribution in [0.4, 0.5) is 0 Å². The SMILES string of the molecule is CCCCN1C(=O)c2ccc3c4c(ccc(c24)C1=O)C(=O)N(CCOCCO)C3=O. The Balaban J connectivity index is 1.79. The van der Waals surface area contributed by atoms with E-state index >= 15 is 0 Å². The van der Waals surface area contributed by atoms with Crippen molar-refractivity contribution in [2.45, 2.75) is 19.8 Å². The smallest absolute Gasteiger partial charge is 0.261 e. The average molecular weight is 410 g/mol. The highest BCUT2D eigenvalue weighted by atomic mass is 16.5. The number of unbranched alkanes of at least 4 members (excludes halogenated alkanes) is 1. The van der Waals surface area contributed by atoms with Crippen molar-refractivity contribution in [2.75, 3.05) is 32.9 Å². The summed E-state index contributed by atoms with van der Waals surface area (Å²) >= 11 is 0. The third kappa shape index (κ3) is 3.00. The number of ether oxygens (including phenoxy) is 1. The number of amides is 4. The van der Waals surface area contributed by atoms with Gasteiger partial charge in [0, 0.05) is 39.6 Å². The normalized spacial score (nSPS) is 15.5. The fraction of sp³-hybridized carbons (Fsp3) is 0.364. The predicted molar refractivity (Wildman–Crippen MR) is 107 cm³/mol. The molecule has 0 fully saturated rings. The number of aliphatic hydroxyl groups excluding tert-OH is 1. The monoisotopic (exact) mass is 410 g/mol. The van der Waals surface area contributed by atoms with E-state index in [4.69, 9.17) is 9.84 Å². The molecule has 0 saturated heterocycles. The molecule has 0 bridgehead atoms. The van der Waals surface area contributed by atoms with Gasteiger partial charge in [-0.1, -0.05) is 13.3 Å². The van der Waals surface area contributed by atoms with Gasteiger partial charge in [-0.3, -0.25) is 29.0 Å². The lowest BCUT2D eigenvalue weighted by Gasteiger charge is -2.31. The zero-order valence-electron chi connectivity index (χ0n) is 16.6. The number of aliphatic hydroxyl groups is 1. The zero-order chi connectivity index (χ0) is 21.4. The number of rotatable bonds is 8. The molecule has 0 atom stereocenters. The highest BCUT2D eigenvalue weighted by molar-refractivity contribution is 6.33. The van der Waals surface area contributed by atoms with Crippen LogP contribution in [0, 0.1) is 0 Å². The first-order valence-electron chi connectivity index (χ1n) is 10.0. The van der Waals surface area contributed by atoms with Crippen LogP contribution in [0.5, 0.6) is 0 Å². The molecule has 4 amide bonds. The molecular weight excluding hydrogens is 388 g/mol. The van der Waals surface area contributed by atoms with Crippen molar-refractivity contribution in [1.82, 2.24) is 9.80 Å². The first kappa shape index (κ1) is 20.2. The van der Waals surface area contributed by atoms with E-state index in [0.29, 0.717) is 34.9 Å². The van der Waals surface area contributed by atoms with Gasteiger partial charge in [0.05, 0.1) is 26.4 Å². The van der Waals surface area contributed by atoms with Crippen molar-refractivity contribution >= 4 is 34.4 Å². The number of hydrogen-bond donors (Lipinski definition) is 1. The molecule has 8 heteroatoms. The van der Waals surface area contributed by atoms with Gasteiger partial charge in [0.2, 0.25) is 0 Å². The van der Waals surface area contributed by atoms with Crippen LogP contribution < -0.4 is 0 Å². The van der Waals surface area contributed by atoms with Gasteiger partial charge in [0.15, 0.2) is 0 Å². The molecule has 0 aliphatic carbocycles. The largest absolute Gasteiger partial charge is 0.394 e. The van der Waals surface area contributed by atoms with Gasteiger partial charge in [0.25, 0.3) is 23.6 Å². The summed E-state index contributed by atoms with van der Waals surface area (Å²) in [5.74, 6) is -1.78. The van der Waals surface area contributed by atoms with Gasteiger partial charge in [-0.25, -0.2) is 0 Å². The summed E-state index contributed by atoms with van der Waals surface area (Å²) in [4.78, 5) is 54.3. The van der Waals surface area contributed by atoms with E-state index in [0.717, 1.165) is 11.3 Å². The van der Waals surface area contributed by atoms with E-state index in [2.05, 4.69) is 0 Å². The Morgan fingerprint density at radius 3 is 1.57 bits per heavy atom. The number of benzene rings is 2. The summed E-state index contributed by atoms with van der Waals surface area (Å²) in [5.41, 5.74) is 1.24. The Kier molecular flexibility index (Phi) is 5.36. The highest BCUT2D eigenvalue weighted by Gasteiger charge is 2.39. The van der Waals surface area contributed by atoms with Crippen LogP contribution in [0.25, 0.3) is 10.8 Å². The molecule has 30 heavy (non-hydrogen) atoms.